The number of thiocarbonyl (C=S) groups is 1. The number of hydrogen-bond donors (Lipinski definition) is 2. The molecule has 7 heteroatoms. The Balaban J connectivity index is 1.63. The van der Waals surface area contributed by atoms with Gasteiger partial charge in [0.05, 0.1) is 5.56 Å². The van der Waals surface area contributed by atoms with E-state index in [0.717, 1.165) is 29.8 Å². The van der Waals surface area contributed by atoms with Crippen LogP contribution in [0.4, 0.5) is 18.9 Å². The first-order valence-corrected chi connectivity index (χ1v) is 10.6. The van der Waals surface area contributed by atoms with Gasteiger partial charge in [0.25, 0.3) is 0 Å². The van der Waals surface area contributed by atoms with Crippen LogP contribution < -0.4 is 10.6 Å². The van der Waals surface area contributed by atoms with Gasteiger partial charge in [-0.25, -0.2) is 0 Å². The summed E-state index contributed by atoms with van der Waals surface area (Å²) in [6, 6.07) is 11.4. The van der Waals surface area contributed by atoms with Crippen molar-refractivity contribution in [3.8, 4) is 0 Å². The molecule has 0 atom stereocenters. The molecule has 0 bridgehead atoms. The van der Waals surface area contributed by atoms with E-state index in [9.17, 15) is 13.2 Å². The van der Waals surface area contributed by atoms with E-state index in [1.54, 1.807) is 0 Å². The highest BCUT2D eigenvalue weighted by atomic mass is 32.2. The molecular weight excluding hydrogens is 413 g/mol. The lowest BCUT2D eigenvalue weighted by atomic mass is 9.77. The molecule has 0 spiro atoms. The number of hydrogen-bond acceptors (Lipinski definition) is 2. The Morgan fingerprint density at radius 1 is 1.07 bits per heavy atom. The molecular formula is C22H25F3N2S2. The quantitative estimate of drug-likeness (QED) is 0.518. The van der Waals surface area contributed by atoms with Crippen molar-refractivity contribution in [3.05, 3.63) is 59.2 Å². The van der Waals surface area contributed by atoms with Crippen molar-refractivity contribution in [1.82, 2.24) is 5.32 Å². The Labute approximate surface area is 179 Å². The zero-order valence-corrected chi connectivity index (χ0v) is 18.5. The smallest absolute Gasteiger partial charge is 0.358 e. The van der Waals surface area contributed by atoms with Crippen molar-refractivity contribution >= 4 is 34.8 Å². The molecule has 0 radical (unpaired) electrons. The molecule has 1 aliphatic rings. The highest BCUT2D eigenvalue weighted by Crippen LogP contribution is 2.51. The third-order valence-corrected chi connectivity index (χ3v) is 6.47. The molecule has 29 heavy (non-hydrogen) atoms. The fourth-order valence-corrected chi connectivity index (χ4v) is 5.69. The van der Waals surface area contributed by atoms with Crippen LogP contribution in [0.2, 0.25) is 0 Å². The minimum Gasteiger partial charge on any atom is -0.358 e. The molecule has 2 nitrogen and oxygen atoms in total. The Hall–Kier alpha value is -1.73. The van der Waals surface area contributed by atoms with E-state index in [2.05, 4.69) is 50.5 Å². The van der Waals surface area contributed by atoms with Gasteiger partial charge in [0.15, 0.2) is 5.11 Å². The van der Waals surface area contributed by atoms with Gasteiger partial charge in [0.1, 0.15) is 0 Å². The summed E-state index contributed by atoms with van der Waals surface area (Å²) < 4.78 is 38.1. The molecule has 0 unspecified atom stereocenters. The molecule has 1 aliphatic heterocycles. The van der Waals surface area contributed by atoms with Gasteiger partial charge < -0.3 is 10.6 Å². The average molecular weight is 439 g/mol. The number of halogens is 3. The summed E-state index contributed by atoms with van der Waals surface area (Å²) in [5.41, 5.74) is 2.35. The zero-order chi connectivity index (χ0) is 21.4. The SMILES string of the molecule is CC1(C)CC(C)(C)c2cc(NC(=S)NCc3ccc(C(F)(F)F)cc3)ccc2S1. The van der Waals surface area contributed by atoms with Gasteiger partial charge in [-0.2, -0.15) is 13.2 Å². The predicted octanol–water partition coefficient (Wildman–Crippen LogP) is 6.74. The Morgan fingerprint density at radius 2 is 1.72 bits per heavy atom. The van der Waals surface area contributed by atoms with Crippen molar-refractivity contribution in [3.63, 3.8) is 0 Å². The van der Waals surface area contributed by atoms with Gasteiger partial charge in [0, 0.05) is 21.9 Å². The largest absolute Gasteiger partial charge is 0.416 e. The zero-order valence-electron chi connectivity index (χ0n) is 16.9. The van der Waals surface area contributed by atoms with Crippen LogP contribution in [0.15, 0.2) is 47.4 Å². The molecule has 2 N–H and O–H groups in total. The predicted molar refractivity (Wildman–Crippen MR) is 119 cm³/mol. The Bertz CT molecular complexity index is 903. The number of thioether (sulfide) groups is 1. The van der Waals surface area contributed by atoms with Crippen molar-refractivity contribution < 1.29 is 13.2 Å². The van der Waals surface area contributed by atoms with E-state index in [0.29, 0.717) is 11.7 Å². The highest BCUT2D eigenvalue weighted by Gasteiger charge is 2.38. The summed E-state index contributed by atoms with van der Waals surface area (Å²) in [5, 5.41) is 6.68. The van der Waals surface area contributed by atoms with Crippen molar-refractivity contribution in [2.24, 2.45) is 0 Å². The average Bonchev–Trinajstić information content (AvgIpc) is 2.59. The first-order valence-electron chi connectivity index (χ1n) is 9.40. The molecule has 2 aromatic carbocycles. The lowest BCUT2D eigenvalue weighted by Gasteiger charge is -2.41. The van der Waals surface area contributed by atoms with Crippen molar-refractivity contribution in [2.75, 3.05) is 5.32 Å². The van der Waals surface area contributed by atoms with Crippen LogP contribution in [-0.2, 0) is 18.1 Å². The molecule has 0 saturated heterocycles. The van der Waals surface area contributed by atoms with Gasteiger partial charge in [0.2, 0.25) is 0 Å². The van der Waals surface area contributed by atoms with Crippen LogP contribution in [0, 0.1) is 0 Å². The summed E-state index contributed by atoms with van der Waals surface area (Å²) in [5.74, 6) is 0. The Kier molecular flexibility index (Phi) is 5.94. The van der Waals surface area contributed by atoms with E-state index in [4.69, 9.17) is 12.2 Å². The van der Waals surface area contributed by atoms with Gasteiger partial charge in [-0.05, 0) is 65.5 Å². The van der Waals surface area contributed by atoms with Gasteiger partial charge in [-0.1, -0.05) is 39.8 Å². The van der Waals surface area contributed by atoms with Gasteiger partial charge in [-0.3, -0.25) is 0 Å². The number of rotatable bonds is 3. The van der Waals surface area contributed by atoms with Crippen LogP contribution >= 0.6 is 24.0 Å². The highest BCUT2D eigenvalue weighted by molar-refractivity contribution is 8.00. The molecule has 0 fully saturated rings. The van der Waals surface area contributed by atoms with Crippen LogP contribution in [0.3, 0.4) is 0 Å². The van der Waals surface area contributed by atoms with Gasteiger partial charge >= 0.3 is 6.18 Å². The van der Waals surface area contributed by atoms with E-state index >= 15 is 0 Å². The summed E-state index contributed by atoms with van der Waals surface area (Å²) >= 11 is 7.26. The molecule has 0 aromatic heterocycles. The minimum atomic E-state index is -4.32. The lowest BCUT2D eigenvalue weighted by Crippen LogP contribution is -2.34. The maximum Gasteiger partial charge on any atom is 0.416 e. The topological polar surface area (TPSA) is 24.1 Å². The second kappa shape index (κ2) is 7.84. The van der Waals surface area contributed by atoms with E-state index < -0.39 is 11.7 Å². The summed E-state index contributed by atoms with van der Waals surface area (Å²) in [7, 11) is 0. The summed E-state index contributed by atoms with van der Waals surface area (Å²) in [6.45, 7) is 9.42. The van der Waals surface area contributed by atoms with Crippen LogP contribution in [0.5, 0.6) is 0 Å². The van der Waals surface area contributed by atoms with Crippen LogP contribution in [0.25, 0.3) is 0 Å². The molecule has 0 aliphatic carbocycles. The molecule has 3 rings (SSSR count). The van der Waals surface area contributed by atoms with Crippen LogP contribution in [-0.4, -0.2) is 9.86 Å². The molecule has 2 aromatic rings. The molecule has 156 valence electrons. The van der Waals surface area contributed by atoms with Crippen molar-refractivity contribution in [1.29, 1.82) is 0 Å². The fraction of sp³-hybridized carbons (Fsp3) is 0.409. The maximum atomic E-state index is 12.6. The number of nitrogens with one attached hydrogen (secondary N) is 2. The second-order valence-corrected chi connectivity index (χ2v) is 10.8. The normalized spacial score (nSPS) is 17.3. The summed E-state index contributed by atoms with van der Waals surface area (Å²) in [4.78, 5) is 1.29. The number of alkyl halides is 3. The number of benzene rings is 2. The first kappa shape index (κ1) is 22.0. The van der Waals surface area contributed by atoms with E-state index in [1.807, 2.05) is 17.8 Å². The molecule has 1 heterocycles. The maximum absolute atomic E-state index is 12.6. The second-order valence-electron chi connectivity index (χ2n) is 8.64. The van der Waals surface area contributed by atoms with Crippen LogP contribution in [0.1, 0.15) is 50.8 Å². The van der Waals surface area contributed by atoms with E-state index in [1.165, 1.54) is 22.6 Å². The standard InChI is InChI=1S/C22H25F3N2S2/c1-20(2)13-21(3,4)29-18-10-9-16(11-17(18)20)27-19(28)26-12-14-5-7-15(8-6-14)22(23,24)25/h5-11H,12-13H2,1-4H3,(H2,26,27,28). The third kappa shape index (κ3) is 5.45. The lowest BCUT2D eigenvalue weighted by molar-refractivity contribution is -0.137. The minimum absolute atomic E-state index is 0.0665. The molecule has 0 saturated carbocycles. The monoisotopic (exact) mass is 438 g/mol. The van der Waals surface area contributed by atoms with Gasteiger partial charge in [-0.15, -0.1) is 11.8 Å². The number of anilines is 1. The van der Waals surface area contributed by atoms with E-state index in [-0.39, 0.29) is 10.2 Å². The number of fused-ring (bicyclic) bond motifs is 1. The first-order chi connectivity index (χ1) is 13.4. The third-order valence-electron chi connectivity index (χ3n) is 4.95. The summed E-state index contributed by atoms with van der Waals surface area (Å²) in [6.07, 6.45) is -3.24. The Morgan fingerprint density at radius 3 is 2.34 bits per heavy atom. The fourth-order valence-electron chi connectivity index (χ4n) is 3.89. The van der Waals surface area contributed by atoms with Crippen molar-refractivity contribution in [2.45, 2.75) is 61.9 Å². The molecule has 0 amide bonds.